The number of pyridine rings is 1. The van der Waals surface area contributed by atoms with Crippen LogP contribution in [0.3, 0.4) is 0 Å². The number of thioether (sulfide) groups is 1. The zero-order chi connectivity index (χ0) is 24.2. The third kappa shape index (κ3) is 3.86. The van der Waals surface area contributed by atoms with Crippen molar-refractivity contribution in [2.24, 2.45) is 0 Å². The summed E-state index contributed by atoms with van der Waals surface area (Å²) in [5.74, 6) is 1.85. The van der Waals surface area contributed by atoms with E-state index in [1.165, 1.54) is 18.1 Å². The minimum Gasteiger partial charge on any atom is -0.492 e. The molecular weight excluding hydrogens is 520 g/mol. The summed E-state index contributed by atoms with van der Waals surface area (Å²) in [5, 5.41) is 23.1. The van der Waals surface area contributed by atoms with E-state index in [9.17, 15) is 10.2 Å². The third-order valence-corrected chi connectivity index (χ3v) is 8.35. The van der Waals surface area contributed by atoms with E-state index in [1.807, 2.05) is 67.0 Å². The molecule has 0 radical (unpaired) electrons. The molecular formula is C23H25BrN6O3S. The van der Waals surface area contributed by atoms with Gasteiger partial charge in [0.2, 0.25) is 0 Å². The monoisotopic (exact) mass is 544 g/mol. The summed E-state index contributed by atoms with van der Waals surface area (Å²) in [5.41, 5.74) is 7.38. The van der Waals surface area contributed by atoms with Crippen molar-refractivity contribution in [2.45, 2.75) is 29.3 Å². The Morgan fingerprint density at radius 2 is 2.03 bits per heavy atom. The van der Waals surface area contributed by atoms with Gasteiger partial charge in [0, 0.05) is 31.7 Å². The Morgan fingerprint density at radius 3 is 2.79 bits per heavy atom. The number of nitrogen functional groups attached to an aromatic ring is 1. The lowest BCUT2D eigenvalue weighted by atomic mass is 10.00. The van der Waals surface area contributed by atoms with Crippen molar-refractivity contribution in [3.05, 3.63) is 47.3 Å². The Bertz CT molecular complexity index is 1380. The molecule has 9 nitrogen and oxygen atoms in total. The van der Waals surface area contributed by atoms with Gasteiger partial charge in [0.05, 0.1) is 20.1 Å². The molecule has 1 aliphatic heterocycles. The van der Waals surface area contributed by atoms with Crippen LogP contribution in [0.1, 0.15) is 12.3 Å². The number of ether oxygens (including phenoxy) is 1. The first-order valence-corrected chi connectivity index (χ1v) is 12.4. The SMILES string of the molecule is CN(C)c1nc2cc(OC[C@]3(C)S[C@@H](n4ccc5c(N)ncnc54)[C@H](O)[C@@H]3O)ccc2cc1Br. The number of anilines is 2. The summed E-state index contributed by atoms with van der Waals surface area (Å²) in [7, 11) is 3.88. The van der Waals surface area contributed by atoms with Crippen LogP contribution in [0.4, 0.5) is 11.6 Å². The van der Waals surface area contributed by atoms with E-state index < -0.39 is 22.3 Å². The maximum absolute atomic E-state index is 10.9. The largest absolute Gasteiger partial charge is 0.492 e. The molecule has 11 heteroatoms. The van der Waals surface area contributed by atoms with Crippen LogP contribution in [0.15, 0.2) is 47.3 Å². The number of halogens is 1. The van der Waals surface area contributed by atoms with Gasteiger partial charge in [0.15, 0.2) is 0 Å². The number of fused-ring (bicyclic) bond motifs is 2. The quantitative estimate of drug-likeness (QED) is 0.347. The number of nitrogens with zero attached hydrogens (tertiary/aromatic N) is 5. The number of benzene rings is 1. The normalized spacial score (nSPS) is 24.7. The van der Waals surface area contributed by atoms with Gasteiger partial charge in [-0.3, -0.25) is 0 Å². The predicted molar refractivity (Wildman–Crippen MR) is 138 cm³/mol. The Hall–Kier alpha value is -2.60. The van der Waals surface area contributed by atoms with Crippen molar-refractivity contribution in [2.75, 3.05) is 31.3 Å². The highest BCUT2D eigenvalue weighted by atomic mass is 79.9. The first-order chi connectivity index (χ1) is 16.2. The predicted octanol–water partition coefficient (Wildman–Crippen LogP) is 3.20. The summed E-state index contributed by atoms with van der Waals surface area (Å²) in [4.78, 5) is 15.0. The van der Waals surface area contributed by atoms with Crippen LogP contribution in [0, 0.1) is 0 Å². The highest BCUT2D eigenvalue weighted by Gasteiger charge is 2.52. The zero-order valence-electron chi connectivity index (χ0n) is 18.9. The van der Waals surface area contributed by atoms with E-state index >= 15 is 0 Å². The number of aromatic nitrogens is 4. The fourth-order valence-electron chi connectivity index (χ4n) is 4.21. The Morgan fingerprint density at radius 1 is 1.24 bits per heavy atom. The van der Waals surface area contributed by atoms with E-state index in [4.69, 9.17) is 15.5 Å². The third-order valence-electron chi connectivity index (χ3n) is 6.12. The van der Waals surface area contributed by atoms with Crippen molar-refractivity contribution in [3.63, 3.8) is 0 Å². The first kappa shape index (κ1) is 23.2. The number of aliphatic hydroxyl groups is 2. The lowest BCUT2D eigenvalue weighted by Crippen LogP contribution is -2.43. The topological polar surface area (TPSA) is 123 Å². The molecule has 1 aromatic carbocycles. The molecule has 5 rings (SSSR count). The van der Waals surface area contributed by atoms with Crippen molar-refractivity contribution in [1.82, 2.24) is 19.5 Å². The van der Waals surface area contributed by atoms with Crippen LogP contribution in [0.5, 0.6) is 5.75 Å². The molecule has 4 aromatic rings. The molecule has 0 spiro atoms. The van der Waals surface area contributed by atoms with Crippen molar-refractivity contribution in [3.8, 4) is 5.75 Å². The smallest absolute Gasteiger partial charge is 0.146 e. The fourth-order valence-corrected chi connectivity index (χ4v) is 6.43. The van der Waals surface area contributed by atoms with Gasteiger partial charge in [0.25, 0.3) is 0 Å². The van der Waals surface area contributed by atoms with Gasteiger partial charge in [-0.2, -0.15) is 0 Å². The highest BCUT2D eigenvalue weighted by Crippen LogP contribution is 2.50. The lowest BCUT2D eigenvalue weighted by molar-refractivity contribution is -0.00661. The van der Waals surface area contributed by atoms with E-state index in [2.05, 4.69) is 25.9 Å². The van der Waals surface area contributed by atoms with Gasteiger partial charge in [0.1, 0.15) is 53.5 Å². The van der Waals surface area contributed by atoms with Crippen LogP contribution < -0.4 is 15.4 Å². The maximum atomic E-state index is 10.9. The Labute approximate surface area is 209 Å². The highest BCUT2D eigenvalue weighted by molar-refractivity contribution is 9.10. The first-order valence-electron chi connectivity index (χ1n) is 10.7. The van der Waals surface area contributed by atoms with Crippen LogP contribution in [-0.2, 0) is 0 Å². The molecule has 3 aromatic heterocycles. The Kier molecular flexibility index (Phi) is 5.83. The van der Waals surface area contributed by atoms with Gasteiger partial charge in [-0.15, -0.1) is 11.8 Å². The van der Waals surface area contributed by atoms with Gasteiger partial charge < -0.3 is 30.2 Å². The molecule has 4 N–H and O–H groups in total. The minimum atomic E-state index is -1.01. The van der Waals surface area contributed by atoms with Crippen molar-refractivity contribution < 1.29 is 14.9 Å². The molecule has 1 aliphatic rings. The van der Waals surface area contributed by atoms with Crippen molar-refractivity contribution >= 4 is 61.3 Å². The number of rotatable bonds is 5. The molecule has 1 fully saturated rings. The molecule has 0 amide bonds. The van der Waals surface area contributed by atoms with Crippen molar-refractivity contribution in [1.29, 1.82) is 0 Å². The molecule has 0 saturated carbocycles. The minimum absolute atomic E-state index is 0.200. The zero-order valence-corrected chi connectivity index (χ0v) is 21.3. The summed E-state index contributed by atoms with van der Waals surface area (Å²) in [6, 6.07) is 9.57. The number of hydrogen-bond donors (Lipinski definition) is 3. The molecule has 0 aliphatic carbocycles. The number of aliphatic hydroxyl groups excluding tert-OH is 2. The van der Waals surface area contributed by atoms with Crippen LogP contribution in [-0.4, -0.2) is 67.4 Å². The molecule has 0 unspecified atom stereocenters. The molecule has 178 valence electrons. The summed E-state index contributed by atoms with van der Waals surface area (Å²) in [6.45, 7) is 2.09. The lowest BCUT2D eigenvalue weighted by Gasteiger charge is -2.27. The average Bonchev–Trinajstić information content (AvgIpc) is 3.33. The molecule has 34 heavy (non-hydrogen) atoms. The second-order valence-corrected chi connectivity index (χ2v) is 11.3. The second kappa shape index (κ2) is 8.56. The summed E-state index contributed by atoms with van der Waals surface area (Å²) in [6.07, 6.45) is 1.19. The fraction of sp³-hybridized carbons (Fsp3) is 0.348. The van der Waals surface area contributed by atoms with Gasteiger partial charge in [-0.1, -0.05) is 0 Å². The van der Waals surface area contributed by atoms with E-state index in [-0.39, 0.29) is 6.61 Å². The summed E-state index contributed by atoms with van der Waals surface area (Å²) < 4.78 is 8.11. The standard InChI is InChI=1S/C23H25BrN6O3S/c1-23(10-33-13-5-4-12-8-15(24)21(29(2)3)28-16(12)9-13)18(32)17(31)22(34-23)30-7-6-14-19(25)26-11-27-20(14)30/h4-9,11,17-18,22,31-32H,10H2,1-3H3,(H2,25,26,27)/t17-,18+,22-,23+/m1/s1. The molecule has 4 heterocycles. The van der Waals surface area contributed by atoms with Crippen LogP contribution >= 0.6 is 27.7 Å². The molecule has 4 atom stereocenters. The van der Waals surface area contributed by atoms with Crippen LogP contribution in [0.25, 0.3) is 21.9 Å². The van der Waals surface area contributed by atoms with Gasteiger partial charge >= 0.3 is 0 Å². The van der Waals surface area contributed by atoms with Crippen LogP contribution in [0.2, 0.25) is 0 Å². The van der Waals surface area contributed by atoms with E-state index in [0.29, 0.717) is 22.6 Å². The van der Waals surface area contributed by atoms with Gasteiger partial charge in [-0.05, 0) is 47.1 Å². The average molecular weight is 545 g/mol. The number of hydrogen-bond acceptors (Lipinski definition) is 9. The second-order valence-electron chi connectivity index (χ2n) is 8.81. The summed E-state index contributed by atoms with van der Waals surface area (Å²) >= 11 is 5.01. The van der Waals surface area contributed by atoms with E-state index in [1.54, 1.807) is 0 Å². The Balaban J connectivity index is 1.38. The maximum Gasteiger partial charge on any atom is 0.146 e. The van der Waals surface area contributed by atoms with Gasteiger partial charge in [-0.25, -0.2) is 15.0 Å². The molecule has 1 saturated heterocycles. The number of nitrogens with two attached hydrogens (primary N) is 1. The molecule has 0 bridgehead atoms. The van der Waals surface area contributed by atoms with E-state index in [0.717, 1.165) is 21.2 Å².